The van der Waals surface area contributed by atoms with Crippen LogP contribution in [0.15, 0.2) is 30.3 Å². The van der Waals surface area contributed by atoms with Gasteiger partial charge in [0, 0.05) is 45.4 Å². The largest absolute Gasteiger partial charge is 0.340 e. The van der Waals surface area contributed by atoms with Crippen molar-refractivity contribution in [2.75, 3.05) is 44.7 Å². The zero-order chi connectivity index (χ0) is 16.7. The molecule has 6 heteroatoms. The number of amides is 1. The second-order valence-corrected chi connectivity index (χ2v) is 8.45. The van der Waals surface area contributed by atoms with E-state index in [0.29, 0.717) is 26.1 Å². The highest BCUT2D eigenvalue weighted by molar-refractivity contribution is 7.90. The van der Waals surface area contributed by atoms with E-state index in [2.05, 4.69) is 17.0 Å². The molecule has 1 aliphatic heterocycles. The monoisotopic (exact) mass is 338 g/mol. The van der Waals surface area contributed by atoms with Crippen molar-refractivity contribution in [3.63, 3.8) is 0 Å². The van der Waals surface area contributed by atoms with Gasteiger partial charge in [-0.25, -0.2) is 8.42 Å². The van der Waals surface area contributed by atoms with Crippen LogP contribution in [0.1, 0.15) is 18.4 Å². The maximum Gasteiger partial charge on any atom is 0.222 e. The number of sulfone groups is 1. The van der Waals surface area contributed by atoms with Gasteiger partial charge in [-0.05, 0) is 18.4 Å². The van der Waals surface area contributed by atoms with Gasteiger partial charge in [0.2, 0.25) is 5.91 Å². The van der Waals surface area contributed by atoms with Crippen LogP contribution in [-0.2, 0) is 21.1 Å². The lowest BCUT2D eigenvalue weighted by Crippen LogP contribution is -2.49. The average molecular weight is 338 g/mol. The van der Waals surface area contributed by atoms with Gasteiger partial charge in [-0.1, -0.05) is 30.3 Å². The molecule has 0 atom stereocenters. The molecule has 1 fully saturated rings. The van der Waals surface area contributed by atoms with Crippen molar-refractivity contribution in [2.45, 2.75) is 19.3 Å². The predicted molar refractivity (Wildman–Crippen MR) is 92.1 cm³/mol. The molecule has 0 aliphatic carbocycles. The van der Waals surface area contributed by atoms with E-state index < -0.39 is 9.84 Å². The van der Waals surface area contributed by atoms with Gasteiger partial charge in [0.25, 0.3) is 0 Å². The Hall–Kier alpha value is -1.40. The van der Waals surface area contributed by atoms with Gasteiger partial charge in [-0.15, -0.1) is 0 Å². The Morgan fingerprint density at radius 2 is 1.74 bits per heavy atom. The maximum atomic E-state index is 12.2. The van der Waals surface area contributed by atoms with Crippen LogP contribution < -0.4 is 0 Å². The fraction of sp³-hybridized carbons (Fsp3) is 0.588. The number of piperazine rings is 1. The van der Waals surface area contributed by atoms with Crippen LogP contribution in [0.3, 0.4) is 0 Å². The zero-order valence-electron chi connectivity index (χ0n) is 13.8. The fourth-order valence-electron chi connectivity index (χ4n) is 2.76. The molecule has 1 amide bonds. The van der Waals surface area contributed by atoms with Crippen LogP contribution in [-0.4, -0.2) is 68.9 Å². The number of carbonyl (C=O) groups excluding carboxylic acids is 1. The lowest BCUT2D eigenvalue weighted by atomic mass is 10.1. The third kappa shape index (κ3) is 6.71. The van der Waals surface area contributed by atoms with Crippen LogP contribution >= 0.6 is 0 Å². The number of rotatable bonds is 7. The summed E-state index contributed by atoms with van der Waals surface area (Å²) in [6, 6.07) is 10.2. The Balaban J connectivity index is 1.65. The molecule has 5 nitrogen and oxygen atoms in total. The van der Waals surface area contributed by atoms with Crippen LogP contribution in [0.2, 0.25) is 0 Å². The number of carbonyl (C=O) groups is 1. The highest BCUT2D eigenvalue weighted by Crippen LogP contribution is 2.09. The second kappa shape index (κ2) is 8.45. The van der Waals surface area contributed by atoms with Gasteiger partial charge in [-0.2, -0.15) is 0 Å². The summed E-state index contributed by atoms with van der Waals surface area (Å²) in [5.41, 5.74) is 1.27. The zero-order valence-corrected chi connectivity index (χ0v) is 14.6. The van der Waals surface area contributed by atoms with Crippen LogP contribution in [0.25, 0.3) is 0 Å². The van der Waals surface area contributed by atoms with Gasteiger partial charge in [0.15, 0.2) is 0 Å². The van der Waals surface area contributed by atoms with Crippen molar-refractivity contribution in [1.82, 2.24) is 9.80 Å². The topological polar surface area (TPSA) is 57.7 Å². The first kappa shape index (κ1) is 17.9. The quantitative estimate of drug-likeness (QED) is 0.750. The minimum absolute atomic E-state index is 0.192. The van der Waals surface area contributed by atoms with Crippen LogP contribution in [0, 0.1) is 0 Å². The van der Waals surface area contributed by atoms with E-state index in [1.54, 1.807) is 0 Å². The van der Waals surface area contributed by atoms with E-state index in [9.17, 15) is 13.2 Å². The number of hydrogen-bond donors (Lipinski definition) is 0. The first-order chi connectivity index (χ1) is 10.9. The summed E-state index contributed by atoms with van der Waals surface area (Å²) in [5.74, 6) is 0.404. The molecular formula is C17H26N2O3S. The molecule has 0 N–H and O–H groups in total. The fourth-order valence-corrected chi connectivity index (χ4v) is 3.35. The van der Waals surface area contributed by atoms with Gasteiger partial charge in [0.1, 0.15) is 9.84 Å². The highest BCUT2D eigenvalue weighted by atomic mass is 32.2. The highest BCUT2D eigenvalue weighted by Gasteiger charge is 2.21. The maximum absolute atomic E-state index is 12.2. The van der Waals surface area contributed by atoms with Crippen molar-refractivity contribution in [2.24, 2.45) is 0 Å². The second-order valence-electron chi connectivity index (χ2n) is 6.19. The van der Waals surface area contributed by atoms with Crippen molar-refractivity contribution in [3.05, 3.63) is 35.9 Å². The smallest absolute Gasteiger partial charge is 0.222 e. The van der Waals surface area contributed by atoms with E-state index in [1.165, 1.54) is 11.8 Å². The van der Waals surface area contributed by atoms with Crippen LogP contribution in [0.5, 0.6) is 0 Å². The van der Waals surface area contributed by atoms with E-state index in [-0.39, 0.29) is 11.7 Å². The summed E-state index contributed by atoms with van der Waals surface area (Å²) >= 11 is 0. The standard InChI is InChI=1S/C17H26N2O3S/c1-23(21,22)15-14-18-10-12-19(13-11-18)17(20)9-5-8-16-6-3-2-4-7-16/h2-4,6-7H,5,8-15H2,1H3. The Morgan fingerprint density at radius 1 is 1.09 bits per heavy atom. The summed E-state index contributed by atoms with van der Waals surface area (Å²) in [6.45, 7) is 3.50. The van der Waals surface area contributed by atoms with E-state index in [4.69, 9.17) is 0 Å². The van der Waals surface area contributed by atoms with Crippen molar-refractivity contribution in [1.29, 1.82) is 0 Å². The van der Waals surface area contributed by atoms with E-state index >= 15 is 0 Å². The van der Waals surface area contributed by atoms with Gasteiger partial charge in [-0.3, -0.25) is 9.69 Å². The Morgan fingerprint density at radius 3 is 2.35 bits per heavy atom. The lowest BCUT2D eigenvalue weighted by molar-refractivity contribution is -0.133. The van der Waals surface area contributed by atoms with Gasteiger partial charge in [0.05, 0.1) is 5.75 Å². The summed E-state index contributed by atoms with van der Waals surface area (Å²) in [6.07, 6.45) is 3.65. The van der Waals surface area contributed by atoms with Crippen molar-refractivity contribution >= 4 is 15.7 Å². The van der Waals surface area contributed by atoms with Gasteiger partial charge < -0.3 is 4.90 Å². The Bertz CT molecular complexity index is 594. The van der Waals surface area contributed by atoms with E-state index in [1.807, 2.05) is 23.1 Å². The van der Waals surface area contributed by atoms with Crippen molar-refractivity contribution in [3.8, 4) is 0 Å². The molecule has 128 valence electrons. The molecule has 1 aromatic carbocycles. The summed E-state index contributed by atoms with van der Waals surface area (Å²) < 4.78 is 22.4. The molecule has 0 bridgehead atoms. The Kier molecular flexibility index (Phi) is 6.59. The third-order valence-electron chi connectivity index (χ3n) is 4.20. The Labute approximate surface area is 139 Å². The normalized spacial score (nSPS) is 16.5. The molecule has 1 saturated heterocycles. The third-order valence-corrected chi connectivity index (χ3v) is 5.13. The molecule has 0 saturated carbocycles. The number of benzene rings is 1. The van der Waals surface area contributed by atoms with Crippen molar-refractivity contribution < 1.29 is 13.2 Å². The first-order valence-electron chi connectivity index (χ1n) is 8.16. The summed E-state index contributed by atoms with van der Waals surface area (Å²) in [7, 11) is -2.91. The molecule has 1 heterocycles. The van der Waals surface area contributed by atoms with E-state index in [0.717, 1.165) is 25.9 Å². The first-order valence-corrected chi connectivity index (χ1v) is 10.2. The van der Waals surface area contributed by atoms with Crippen LogP contribution in [0.4, 0.5) is 0 Å². The molecule has 1 aliphatic rings. The predicted octanol–water partition coefficient (Wildman–Crippen LogP) is 1.20. The minimum Gasteiger partial charge on any atom is -0.340 e. The average Bonchev–Trinajstić information content (AvgIpc) is 2.54. The number of nitrogens with zero attached hydrogens (tertiary/aromatic N) is 2. The molecule has 0 spiro atoms. The molecule has 1 aromatic rings. The molecule has 0 radical (unpaired) electrons. The minimum atomic E-state index is -2.91. The summed E-state index contributed by atoms with van der Waals surface area (Å²) in [5, 5.41) is 0. The van der Waals surface area contributed by atoms with Gasteiger partial charge >= 0.3 is 0 Å². The lowest BCUT2D eigenvalue weighted by Gasteiger charge is -2.34. The molecule has 2 rings (SSSR count). The number of hydrogen-bond acceptors (Lipinski definition) is 4. The SMILES string of the molecule is CS(=O)(=O)CCN1CCN(C(=O)CCCc2ccccc2)CC1. The number of aryl methyl sites for hydroxylation is 1. The molecule has 23 heavy (non-hydrogen) atoms. The molecule has 0 unspecified atom stereocenters. The molecule has 0 aromatic heterocycles. The molecular weight excluding hydrogens is 312 g/mol. The summed E-state index contributed by atoms with van der Waals surface area (Å²) in [4.78, 5) is 16.2.